The Hall–Kier alpha value is -1.77. The number of aryl methyl sites for hydroxylation is 3. The molecule has 5 nitrogen and oxygen atoms in total. The summed E-state index contributed by atoms with van der Waals surface area (Å²) in [6, 6.07) is 0. The van der Waals surface area contributed by atoms with Crippen molar-refractivity contribution in [3.05, 3.63) is 46.9 Å². The van der Waals surface area contributed by atoms with Crippen molar-refractivity contribution in [1.82, 2.24) is 9.66 Å². The number of nitrogens with zero attached hydrogens (tertiary/aromatic N) is 1. The van der Waals surface area contributed by atoms with E-state index in [1.807, 2.05) is 27.7 Å². The van der Waals surface area contributed by atoms with Crippen LogP contribution in [0.1, 0.15) is 31.2 Å². The zero-order valence-electron chi connectivity index (χ0n) is 13.1. The molecule has 0 spiro atoms. The van der Waals surface area contributed by atoms with Crippen LogP contribution < -0.4 is 11.0 Å². The van der Waals surface area contributed by atoms with E-state index in [0.29, 0.717) is 10.9 Å². The topological polar surface area (TPSA) is 66.9 Å². The number of carbonyl (C=O) groups is 1. The molecule has 3 aromatic heterocycles. The molecule has 0 bridgehead atoms. The molecule has 0 fully saturated rings. The summed E-state index contributed by atoms with van der Waals surface area (Å²) in [5, 5.41) is 2.36. The number of nitrogens with one attached hydrogen (secondary N) is 2. The zero-order valence-corrected chi connectivity index (χ0v) is 15.5. The van der Waals surface area contributed by atoms with Gasteiger partial charge in [0.05, 0.1) is 10.9 Å². The number of thiophene rings is 2. The van der Waals surface area contributed by atoms with Crippen LogP contribution >= 0.6 is 34.9 Å². The molecule has 2 N–H and O–H groups in total. The molecule has 0 aliphatic carbocycles. The second kappa shape index (κ2) is 5.70. The summed E-state index contributed by atoms with van der Waals surface area (Å²) < 4.78 is 1.30. The Labute approximate surface area is 145 Å². The van der Waals surface area contributed by atoms with Crippen LogP contribution in [0.4, 0.5) is 0 Å². The monoisotopic (exact) mass is 365 g/mol. The van der Waals surface area contributed by atoms with Gasteiger partial charge in [-0.25, -0.2) is 0 Å². The lowest BCUT2D eigenvalue weighted by Gasteiger charge is -2.08. The molecule has 3 rings (SSSR count). The van der Waals surface area contributed by atoms with E-state index in [2.05, 4.69) is 10.4 Å². The van der Waals surface area contributed by atoms with Crippen LogP contribution in [0.25, 0.3) is 10.2 Å². The summed E-state index contributed by atoms with van der Waals surface area (Å²) in [4.78, 5) is 31.1. The summed E-state index contributed by atoms with van der Waals surface area (Å²) in [6.07, 6.45) is 0. The number of H-pyrrole nitrogens is 1. The normalized spacial score (nSPS) is 11.1. The number of aromatic nitrogens is 2. The van der Waals surface area contributed by atoms with Gasteiger partial charge in [-0.1, -0.05) is 0 Å². The third-order valence-electron chi connectivity index (χ3n) is 3.97. The van der Waals surface area contributed by atoms with Crippen molar-refractivity contribution in [2.45, 2.75) is 27.7 Å². The maximum absolute atomic E-state index is 12.7. The molecule has 1 amide bonds. The van der Waals surface area contributed by atoms with E-state index in [-0.39, 0.29) is 16.2 Å². The standard InChI is InChI=1S/C15H15N3O2S3/c1-6-8(3)22-5-10(6)12(19)17-18-14(20)11-7(2)9(4)23-13(11)16-15(18)21/h5H,1-4H3,(H,16,21)(H,17,19). The summed E-state index contributed by atoms with van der Waals surface area (Å²) in [6.45, 7) is 7.69. The Morgan fingerprint density at radius 1 is 1.22 bits per heavy atom. The molecule has 0 aliphatic heterocycles. The van der Waals surface area contributed by atoms with Crippen molar-refractivity contribution >= 4 is 51.0 Å². The quantitative estimate of drug-likeness (QED) is 0.679. The molecule has 120 valence electrons. The Morgan fingerprint density at radius 2 is 1.91 bits per heavy atom. The third kappa shape index (κ3) is 2.56. The lowest BCUT2D eigenvalue weighted by Crippen LogP contribution is -2.34. The summed E-state index contributed by atoms with van der Waals surface area (Å²) in [5.41, 5.74) is 4.70. The van der Waals surface area contributed by atoms with Gasteiger partial charge in [0.15, 0.2) is 0 Å². The highest BCUT2D eigenvalue weighted by Gasteiger charge is 2.17. The van der Waals surface area contributed by atoms with Gasteiger partial charge < -0.3 is 4.98 Å². The summed E-state index contributed by atoms with van der Waals surface area (Å²) in [5.74, 6) is -0.336. The van der Waals surface area contributed by atoms with Crippen molar-refractivity contribution in [2.75, 3.05) is 5.43 Å². The smallest absolute Gasteiger partial charge is 0.282 e. The molecule has 23 heavy (non-hydrogen) atoms. The highest BCUT2D eigenvalue weighted by molar-refractivity contribution is 7.71. The Balaban J connectivity index is 2.12. The first-order chi connectivity index (χ1) is 10.8. The van der Waals surface area contributed by atoms with Crippen LogP contribution in [0.3, 0.4) is 0 Å². The molecule has 0 radical (unpaired) electrons. The Kier molecular flexibility index (Phi) is 3.99. The first kappa shape index (κ1) is 16.1. The SMILES string of the molecule is Cc1scc(C(=O)Nn2c(=S)[nH]c3sc(C)c(C)c3c2=O)c1C. The van der Waals surface area contributed by atoms with Gasteiger partial charge in [0.1, 0.15) is 4.83 Å². The summed E-state index contributed by atoms with van der Waals surface area (Å²) in [7, 11) is 0. The average molecular weight is 366 g/mol. The molecular formula is C15H15N3O2S3. The van der Waals surface area contributed by atoms with Crippen LogP contribution in [0.15, 0.2) is 10.2 Å². The molecule has 0 saturated heterocycles. The number of hydrogen-bond acceptors (Lipinski definition) is 5. The maximum Gasteiger partial charge on any atom is 0.282 e. The van der Waals surface area contributed by atoms with Gasteiger partial charge in [-0.2, -0.15) is 4.68 Å². The van der Waals surface area contributed by atoms with Gasteiger partial charge in [-0.05, 0) is 51.0 Å². The Bertz CT molecular complexity index is 1050. The number of fused-ring (bicyclic) bond motifs is 1. The van der Waals surface area contributed by atoms with Gasteiger partial charge in [0.25, 0.3) is 11.5 Å². The molecule has 3 aromatic rings. The second-order valence-electron chi connectivity index (χ2n) is 5.33. The minimum atomic E-state index is -0.336. The van der Waals surface area contributed by atoms with Gasteiger partial charge in [0.2, 0.25) is 4.77 Å². The fraction of sp³-hybridized carbons (Fsp3) is 0.267. The highest BCUT2D eigenvalue weighted by Crippen LogP contribution is 2.25. The second-order valence-corrected chi connectivity index (χ2v) is 8.02. The molecule has 3 heterocycles. The van der Waals surface area contributed by atoms with Gasteiger partial charge in [-0.3, -0.25) is 15.0 Å². The molecule has 8 heteroatoms. The van der Waals surface area contributed by atoms with E-state index in [0.717, 1.165) is 30.4 Å². The minimum Gasteiger partial charge on any atom is -0.322 e. The zero-order chi connectivity index (χ0) is 16.9. The molecule has 0 atom stereocenters. The number of hydrogen-bond donors (Lipinski definition) is 2. The van der Waals surface area contributed by atoms with E-state index in [9.17, 15) is 9.59 Å². The fourth-order valence-electron chi connectivity index (χ4n) is 2.33. The largest absolute Gasteiger partial charge is 0.322 e. The minimum absolute atomic E-state index is 0.182. The van der Waals surface area contributed by atoms with Crippen molar-refractivity contribution in [3.8, 4) is 0 Å². The first-order valence-corrected chi connectivity index (χ1v) is 9.02. The van der Waals surface area contributed by atoms with Gasteiger partial charge in [-0.15, -0.1) is 22.7 Å². The van der Waals surface area contributed by atoms with Crippen LogP contribution in [0.5, 0.6) is 0 Å². The van der Waals surface area contributed by atoms with Crippen LogP contribution in [0, 0.1) is 32.5 Å². The number of rotatable bonds is 2. The fourth-order valence-corrected chi connectivity index (χ4v) is 4.54. The average Bonchev–Trinajstić information content (AvgIpc) is 2.96. The molecule has 0 aliphatic rings. The lowest BCUT2D eigenvalue weighted by atomic mass is 10.2. The van der Waals surface area contributed by atoms with Crippen molar-refractivity contribution in [2.24, 2.45) is 0 Å². The molecule has 0 saturated carbocycles. The predicted octanol–water partition coefficient (Wildman–Crippen LogP) is 3.80. The first-order valence-electron chi connectivity index (χ1n) is 6.92. The van der Waals surface area contributed by atoms with Gasteiger partial charge in [0, 0.05) is 15.1 Å². The molecular weight excluding hydrogens is 350 g/mol. The maximum atomic E-state index is 12.7. The number of aromatic amines is 1. The van der Waals surface area contributed by atoms with E-state index in [1.165, 1.54) is 22.7 Å². The number of amides is 1. The van der Waals surface area contributed by atoms with E-state index in [4.69, 9.17) is 12.2 Å². The van der Waals surface area contributed by atoms with E-state index in [1.54, 1.807) is 5.38 Å². The Morgan fingerprint density at radius 3 is 2.52 bits per heavy atom. The third-order valence-corrected chi connectivity index (χ3v) is 6.39. The molecule has 0 unspecified atom stereocenters. The lowest BCUT2D eigenvalue weighted by molar-refractivity contribution is 0.101. The molecule has 0 aromatic carbocycles. The van der Waals surface area contributed by atoms with Crippen LogP contribution in [0.2, 0.25) is 0 Å². The van der Waals surface area contributed by atoms with E-state index < -0.39 is 0 Å². The van der Waals surface area contributed by atoms with Crippen LogP contribution in [-0.2, 0) is 0 Å². The van der Waals surface area contributed by atoms with E-state index >= 15 is 0 Å². The predicted molar refractivity (Wildman–Crippen MR) is 98.2 cm³/mol. The van der Waals surface area contributed by atoms with Crippen molar-refractivity contribution in [1.29, 1.82) is 0 Å². The highest BCUT2D eigenvalue weighted by atomic mass is 32.1. The van der Waals surface area contributed by atoms with Crippen LogP contribution in [-0.4, -0.2) is 15.6 Å². The van der Waals surface area contributed by atoms with Crippen molar-refractivity contribution < 1.29 is 4.79 Å². The number of carbonyl (C=O) groups excluding carboxylic acids is 1. The summed E-state index contributed by atoms with van der Waals surface area (Å²) >= 11 is 8.22. The van der Waals surface area contributed by atoms with Gasteiger partial charge >= 0.3 is 0 Å². The van der Waals surface area contributed by atoms with Crippen molar-refractivity contribution in [3.63, 3.8) is 0 Å².